The van der Waals surface area contributed by atoms with Crippen LogP contribution in [0.3, 0.4) is 0 Å². The van der Waals surface area contributed by atoms with Gasteiger partial charge in [0.15, 0.2) is 5.75 Å². The Hall–Kier alpha value is -1.82. The molecule has 88 valence electrons. The zero-order valence-corrected chi connectivity index (χ0v) is 10.4. The molecule has 0 spiro atoms. The van der Waals surface area contributed by atoms with Crippen molar-refractivity contribution in [3.05, 3.63) is 30.0 Å². The summed E-state index contributed by atoms with van der Waals surface area (Å²) in [6.07, 6.45) is 1.56. The first-order chi connectivity index (χ1) is 8.19. The number of rotatable bonds is 3. The van der Waals surface area contributed by atoms with Crippen LogP contribution in [0.2, 0.25) is 0 Å². The number of aromatic nitrogens is 1. The number of fused-ring (bicyclic) bond motifs is 1. The molecule has 1 aromatic heterocycles. The summed E-state index contributed by atoms with van der Waals surface area (Å²) in [5.74, 6) is -0.0790. The van der Waals surface area contributed by atoms with Crippen LogP contribution >= 0.6 is 16.1 Å². The first kappa shape index (κ1) is 11.7. The second-order valence-corrected chi connectivity index (χ2v) is 3.98. The highest BCUT2D eigenvalue weighted by molar-refractivity contribution is 9.08. The third kappa shape index (κ3) is 1.91. The highest BCUT2D eigenvalue weighted by atomic mass is 79.9. The van der Waals surface area contributed by atoms with E-state index in [9.17, 15) is 9.59 Å². The van der Waals surface area contributed by atoms with E-state index in [0.717, 1.165) is 0 Å². The van der Waals surface area contributed by atoms with E-state index in [1.165, 1.54) is 10.7 Å². The predicted octanol–water partition coefficient (Wildman–Crippen LogP) is 2.12. The number of methoxy groups -OCH3 is 1. The standard InChI is InChI=1S/C11H8BrNO4/c1-16-11(15)8-4-2-3-7-9(17-6-14)5-13(12)10(7)8/h2-6H,1H3. The SMILES string of the molecule is COC(=O)c1cccc2c(OC=O)cn(Br)c12. The molecule has 0 atom stereocenters. The summed E-state index contributed by atoms with van der Waals surface area (Å²) in [6.45, 7) is 0.340. The van der Waals surface area contributed by atoms with Gasteiger partial charge in [-0.2, -0.15) is 0 Å². The Kier molecular flexibility index (Phi) is 3.14. The number of hydrogen-bond acceptors (Lipinski definition) is 4. The third-order valence-electron chi connectivity index (χ3n) is 2.33. The van der Waals surface area contributed by atoms with Gasteiger partial charge in [-0.05, 0) is 12.1 Å². The number of esters is 1. The van der Waals surface area contributed by atoms with Gasteiger partial charge in [0.2, 0.25) is 0 Å². The van der Waals surface area contributed by atoms with Gasteiger partial charge >= 0.3 is 5.97 Å². The molecule has 0 saturated carbocycles. The van der Waals surface area contributed by atoms with Crippen molar-refractivity contribution in [2.45, 2.75) is 0 Å². The third-order valence-corrected chi connectivity index (χ3v) is 2.89. The van der Waals surface area contributed by atoms with Gasteiger partial charge in [0.25, 0.3) is 6.47 Å². The van der Waals surface area contributed by atoms with Gasteiger partial charge in [-0.3, -0.25) is 8.39 Å². The monoisotopic (exact) mass is 297 g/mol. The zero-order chi connectivity index (χ0) is 12.4. The summed E-state index contributed by atoms with van der Waals surface area (Å²) in [4.78, 5) is 21.9. The average molecular weight is 298 g/mol. The maximum absolute atomic E-state index is 11.6. The van der Waals surface area contributed by atoms with Crippen molar-refractivity contribution in [1.29, 1.82) is 0 Å². The lowest BCUT2D eigenvalue weighted by molar-refractivity contribution is -0.120. The second-order valence-electron chi connectivity index (χ2n) is 3.21. The number of benzene rings is 1. The van der Waals surface area contributed by atoms with Gasteiger partial charge < -0.3 is 9.47 Å². The summed E-state index contributed by atoms with van der Waals surface area (Å²) in [7, 11) is 1.31. The number of ether oxygens (including phenoxy) is 2. The van der Waals surface area contributed by atoms with Crippen molar-refractivity contribution in [1.82, 2.24) is 3.59 Å². The summed E-state index contributed by atoms with van der Waals surface area (Å²) in [5, 5.41) is 0.650. The number of carbonyl (C=O) groups excluding carboxylic acids is 2. The topological polar surface area (TPSA) is 57.5 Å². The molecule has 1 heterocycles. The van der Waals surface area contributed by atoms with E-state index in [1.807, 2.05) is 0 Å². The molecule has 0 fully saturated rings. The molecule has 0 aliphatic carbocycles. The normalized spacial score (nSPS) is 10.2. The van der Waals surface area contributed by atoms with Crippen molar-refractivity contribution in [2.75, 3.05) is 7.11 Å². The van der Waals surface area contributed by atoms with Gasteiger partial charge in [0, 0.05) is 5.39 Å². The lowest BCUT2D eigenvalue weighted by Crippen LogP contribution is -2.02. The fourth-order valence-corrected chi connectivity index (χ4v) is 2.20. The van der Waals surface area contributed by atoms with Crippen molar-refractivity contribution in [3.63, 3.8) is 0 Å². The van der Waals surface area contributed by atoms with E-state index < -0.39 is 5.97 Å². The van der Waals surface area contributed by atoms with Crippen LogP contribution in [0.25, 0.3) is 10.9 Å². The minimum absolute atomic E-state index is 0.340. The summed E-state index contributed by atoms with van der Waals surface area (Å²) in [5.41, 5.74) is 0.985. The average Bonchev–Trinajstić information content (AvgIpc) is 2.66. The maximum atomic E-state index is 11.6. The highest BCUT2D eigenvalue weighted by Crippen LogP contribution is 2.31. The number of halogens is 1. The minimum Gasteiger partial charge on any atom is -0.465 e. The first-order valence-electron chi connectivity index (χ1n) is 4.68. The van der Waals surface area contributed by atoms with Crippen molar-refractivity contribution < 1.29 is 19.1 Å². The molecule has 5 nitrogen and oxygen atoms in total. The van der Waals surface area contributed by atoms with Crippen molar-refractivity contribution >= 4 is 39.5 Å². The van der Waals surface area contributed by atoms with Crippen LogP contribution in [0.5, 0.6) is 5.75 Å². The Morgan fingerprint density at radius 1 is 1.47 bits per heavy atom. The van der Waals surface area contributed by atoms with E-state index >= 15 is 0 Å². The number of nitrogens with zero attached hydrogens (tertiary/aromatic N) is 1. The molecule has 0 aliphatic rings. The van der Waals surface area contributed by atoms with Crippen molar-refractivity contribution in [2.24, 2.45) is 0 Å². The quantitative estimate of drug-likeness (QED) is 0.643. The lowest BCUT2D eigenvalue weighted by atomic mass is 10.1. The molecular weight excluding hydrogens is 290 g/mol. The Morgan fingerprint density at radius 3 is 2.88 bits per heavy atom. The van der Waals surface area contributed by atoms with Crippen LogP contribution in [0.15, 0.2) is 24.4 Å². The molecule has 17 heavy (non-hydrogen) atoms. The van der Waals surface area contributed by atoms with Crippen molar-refractivity contribution in [3.8, 4) is 5.75 Å². The Bertz CT molecular complexity index is 590. The highest BCUT2D eigenvalue weighted by Gasteiger charge is 2.17. The van der Waals surface area contributed by atoms with Crippen LogP contribution in [-0.2, 0) is 9.53 Å². The van der Waals surface area contributed by atoms with Crippen LogP contribution in [0.4, 0.5) is 0 Å². The Balaban J connectivity index is 2.72. The molecule has 2 aromatic rings. The Labute approximate surface area is 105 Å². The summed E-state index contributed by atoms with van der Waals surface area (Å²) in [6, 6.07) is 5.08. The molecule has 6 heteroatoms. The minimum atomic E-state index is -0.452. The van der Waals surface area contributed by atoms with E-state index in [2.05, 4.69) is 20.9 Å². The second kappa shape index (κ2) is 4.58. The predicted molar refractivity (Wildman–Crippen MR) is 64.3 cm³/mol. The van der Waals surface area contributed by atoms with Gasteiger partial charge in [0.05, 0.1) is 40.5 Å². The first-order valence-corrected chi connectivity index (χ1v) is 5.38. The molecule has 0 amide bonds. The van der Waals surface area contributed by atoms with Crippen LogP contribution in [0, 0.1) is 0 Å². The van der Waals surface area contributed by atoms with Gasteiger partial charge in [-0.25, -0.2) is 4.79 Å². The summed E-state index contributed by atoms with van der Waals surface area (Å²) >= 11 is 3.25. The fourth-order valence-electron chi connectivity index (χ4n) is 1.63. The van der Waals surface area contributed by atoms with Gasteiger partial charge in [-0.1, -0.05) is 6.07 Å². The zero-order valence-electron chi connectivity index (χ0n) is 8.84. The number of carbonyl (C=O) groups is 2. The molecule has 0 saturated heterocycles. The fraction of sp³-hybridized carbons (Fsp3) is 0.0909. The van der Waals surface area contributed by atoms with Crippen LogP contribution in [0.1, 0.15) is 10.4 Å². The van der Waals surface area contributed by atoms with E-state index in [4.69, 9.17) is 4.74 Å². The lowest BCUT2D eigenvalue weighted by Gasteiger charge is -2.02. The largest absolute Gasteiger partial charge is 0.465 e. The van der Waals surface area contributed by atoms with E-state index in [-0.39, 0.29) is 0 Å². The number of para-hydroxylation sites is 1. The summed E-state index contributed by atoms with van der Waals surface area (Å²) < 4.78 is 11.0. The molecule has 0 bridgehead atoms. The molecular formula is C11H8BrNO4. The molecule has 1 aromatic carbocycles. The Morgan fingerprint density at radius 2 is 2.24 bits per heavy atom. The number of hydrogen-bond donors (Lipinski definition) is 0. The van der Waals surface area contributed by atoms with E-state index in [0.29, 0.717) is 28.7 Å². The van der Waals surface area contributed by atoms with Gasteiger partial charge in [-0.15, -0.1) is 0 Å². The molecule has 0 unspecified atom stereocenters. The smallest absolute Gasteiger partial charge is 0.340 e. The van der Waals surface area contributed by atoms with Gasteiger partial charge in [0.1, 0.15) is 0 Å². The van der Waals surface area contributed by atoms with E-state index in [1.54, 1.807) is 24.4 Å². The molecule has 0 N–H and O–H groups in total. The molecule has 0 radical (unpaired) electrons. The van der Waals surface area contributed by atoms with Crippen LogP contribution in [-0.4, -0.2) is 23.1 Å². The maximum Gasteiger partial charge on any atom is 0.340 e. The molecule has 2 rings (SSSR count). The van der Waals surface area contributed by atoms with Crippen LogP contribution < -0.4 is 4.74 Å². The molecule has 0 aliphatic heterocycles.